The number of nitrogens with one attached hydrogen (secondary N) is 1. The second-order valence-electron chi connectivity index (χ2n) is 5.34. The van der Waals surface area contributed by atoms with Crippen LogP contribution in [0.2, 0.25) is 0 Å². The van der Waals surface area contributed by atoms with Crippen molar-refractivity contribution < 1.29 is 19.1 Å². The molecule has 1 aliphatic heterocycles. The summed E-state index contributed by atoms with van der Waals surface area (Å²) in [6, 6.07) is 5.85. The molecule has 23 heavy (non-hydrogen) atoms. The van der Waals surface area contributed by atoms with Gasteiger partial charge in [0.25, 0.3) is 0 Å². The molecule has 1 aliphatic rings. The summed E-state index contributed by atoms with van der Waals surface area (Å²) in [5, 5.41) is 2.99. The molecule has 0 bridgehead atoms. The van der Waals surface area contributed by atoms with E-state index in [2.05, 4.69) is 21.0 Å². The van der Waals surface area contributed by atoms with Crippen LogP contribution in [0.5, 0.6) is 0 Å². The Hall–Kier alpha value is -2.50. The predicted molar refractivity (Wildman–Crippen MR) is 88.4 cm³/mol. The molecule has 0 spiro atoms. The highest BCUT2D eigenvalue weighted by Gasteiger charge is 2.18. The van der Waals surface area contributed by atoms with Gasteiger partial charge in [0.2, 0.25) is 0 Å². The van der Waals surface area contributed by atoms with Crippen molar-refractivity contribution in [3.8, 4) is 0 Å². The Kier molecular flexibility index (Phi) is 5.62. The molecular formula is C17H22N2O4. The van der Waals surface area contributed by atoms with Crippen molar-refractivity contribution in [2.45, 2.75) is 19.8 Å². The van der Waals surface area contributed by atoms with Crippen molar-refractivity contribution in [3.05, 3.63) is 35.5 Å². The molecule has 0 aromatic heterocycles. The minimum Gasteiger partial charge on any atom is -0.466 e. The molecule has 2 rings (SSSR count). The summed E-state index contributed by atoms with van der Waals surface area (Å²) in [5.41, 5.74) is 2.96. The van der Waals surface area contributed by atoms with Crippen LogP contribution in [-0.4, -0.2) is 39.2 Å². The molecule has 124 valence electrons. The number of hydrogen-bond acceptors (Lipinski definition) is 6. The lowest BCUT2D eigenvalue weighted by Gasteiger charge is -2.22. The highest BCUT2D eigenvalue weighted by atomic mass is 16.5. The van der Waals surface area contributed by atoms with Crippen LogP contribution in [0.1, 0.15) is 18.4 Å². The van der Waals surface area contributed by atoms with Crippen molar-refractivity contribution in [2.75, 3.05) is 37.5 Å². The smallest absolute Gasteiger partial charge is 0.354 e. The molecule has 0 radical (unpaired) electrons. The lowest BCUT2D eigenvalue weighted by molar-refractivity contribution is -0.138. The van der Waals surface area contributed by atoms with Crippen molar-refractivity contribution in [1.29, 1.82) is 0 Å². The van der Waals surface area contributed by atoms with E-state index in [1.54, 1.807) is 0 Å². The maximum Gasteiger partial charge on any atom is 0.354 e. The van der Waals surface area contributed by atoms with Crippen molar-refractivity contribution in [1.82, 2.24) is 0 Å². The van der Waals surface area contributed by atoms with Gasteiger partial charge in [-0.1, -0.05) is 6.07 Å². The first-order valence-electron chi connectivity index (χ1n) is 7.56. The first-order chi connectivity index (χ1) is 11.1. The monoisotopic (exact) mass is 318 g/mol. The summed E-state index contributed by atoms with van der Waals surface area (Å²) < 4.78 is 9.29. The molecule has 0 atom stereocenters. The van der Waals surface area contributed by atoms with Gasteiger partial charge >= 0.3 is 11.9 Å². The van der Waals surface area contributed by atoms with E-state index in [9.17, 15) is 9.59 Å². The third-order valence-corrected chi connectivity index (χ3v) is 3.89. The van der Waals surface area contributed by atoms with Crippen molar-refractivity contribution in [2.24, 2.45) is 0 Å². The number of rotatable bonds is 5. The van der Waals surface area contributed by atoms with Crippen LogP contribution in [0, 0.1) is 6.92 Å². The SMILES string of the molecule is COC(=O)/C=C(/Nc1cccc(N2CCCC2)c1C)C(=O)OC. The Bertz CT molecular complexity index is 619. The van der Waals surface area contributed by atoms with Gasteiger partial charge in [0.1, 0.15) is 5.70 Å². The normalized spacial score (nSPS) is 14.6. The number of esters is 2. The molecule has 1 aromatic carbocycles. The zero-order valence-electron chi connectivity index (χ0n) is 13.7. The van der Waals surface area contributed by atoms with E-state index in [0.717, 1.165) is 36.1 Å². The van der Waals surface area contributed by atoms with Crippen LogP contribution in [0.25, 0.3) is 0 Å². The van der Waals surface area contributed by atoms with Crippen LogP contribution in [-0.2, 0) is 19.1 Å². The lowest BCUT2D eigenvalue weighted by atomic mass is 10.1. The van der Waals surface area contributed by atoms with Crippen LogP contribution in [0.4, 0.5) is 11.4 Å². The van der Waals surface area contributed by atoms with Crippen LogP contribution < -0.4 is 10.2 Å². The van der Waals surface area contributed by atoms with Gasteiger partial charge in [-0.3, -0.25) is 0 Å². The number of ether oxygens (including phenoxy) is 2. The molecule has 1 fully saturated rings. The van der Waals surface area contributed by atoms with E-state index < -0.39 is 11.9 Å². The number of hydrogen-bond donors (Lipinski definition) is 1. The summed E-state index contributed by atoms with van der Waals surface area (Å²) in [6.07, 6.45) is 3.47. The number of methoxy groups -OCH3 is 2. The molecule has 0 amide bonds. The van der Waals surface area contributed by atoms with Gasteiger partial charge in [0.05, 0.1) is 20.3 Å². The van der Waals surface area contributed by atoms with Gasteiger partial charge in [-0.25, -0.2) is 9.59 Å². The Balaban J connectivity index is 2.29. The van der Waals surface area contributed by atoms with E-state index in [1.807, 2.05) is 19.1 Å². The van der Waals surface area contributed by atoms with Crippen LogP contribution >= 0.6 is 0 Å². The van der Waals surface area contributed by atoms with Gasteiger partial charge in [-0.05, 0) is 37.5 Å². The zero-order valence-corrected chi connectivity index (χ0v) is 13.7. The largest absolute Gasteiger partial charge is 0.466 e. The van der Waals surface area contributed by atoms with Crippen molar-refractivity contribution >= 4 is 23.3 Å². The highest BCUT2D eigenvalue weighted by molar-refractivity contribution is 5.99. The van der Waals surface area contributed by atoms with Gasteiger partial charge < -0.3 is 19.7 Å². The third-order valence-electron chi connectivity index (χ3n) is 3.89. The molecule has 1 aromatic rings. The number of carbonyl (C=O) groups is 2. The summed E-state index contributed by atoms with van der Waals surface area (Å²) >= 11 is 0. The maximum atomic E-state index is 11.8. The Morgan fingerprint density at radius 3 is 2.48 bits per heavy atom. The Morgan fingerprint density at radius 1 is 1.17 bits per heavy atom. The fourth-order valence-corrected chi connectivity index (χ4v) is 2.64. The minimum atomic E-state index is -0.624. The zero-order chi connectivity index (χ0) is 16.8. The number of nitrogens with zero attached hydrogens (tertiary/aromatic N) is 1. The topological polar surface area (TPSA) is 67.9 Å². The summed E-state index contributed by atoms with van der Waals surface area (Å²) in [4.78, 5) is 25.6. The molecule has 0 aliphatic carbocycles. The molecule has 1 heterocycles. The average Bonchev–Trinajstić information content (AvgIpc) is 3.09. The number of benzene rings is 1. The van der Waals surface area contributed by atoms with Gasteiger partial charge in [0.15, 0.2) is 0 Å². The summed E-state index contributed by atoms with van der Waals surface area (Å²) in [5.74, 6) is -1.24. The fraction of sp³-hybridized carbons (Fsp3) is 0.412. The Labute approximate surface area is 136 Å². The van der Waals surface area contributed by atoms with Gasteiger partial charge in [0, 0.05) is 24.5 Å². The second-order valence-corrected chi connectivity index (χ2v) is 5.34. The standard InChI is InChI=1S/C17H22N2O4/c1-12-13(7-6-8-15(12)19-9-4-5-10-19)18-14(17(21)23-3)11-16(20)22-2/h6-8,11,18H,4-5,9-10H2,1-3H3/b14-11+. The summed E-state index contributed by atoms with van der Waals surface area (Å²) in [7, 11) is 2.52. The minimum absolute atomic E-state index is 0.0426. The lowest BCUT2D eigenvalue weighted by Crippen LogP contribution is -2.20. The van der Waals surface area contributed by atoms with Crippen LogP contribution in [0.3, 0.4) is 0 Å². The second kappa shape index (κ2) is 7.67. The molecule has 6 heteroatoms. The number of anilines is 2. The highest BCUT2D eigenvalue weighted by Crippen LogP contribution is 2.30. The van der Waals surface area contributed by atoms with E-state index in [0.29, 0.717) is 0 Å². The first-order valence-corrected chi connectivity index (χ1v) is 7.56. The molecule has 0 unspecified atom stereocenters. The molecule has 0 saturated carbocycles. The van der Waals surface area contributed by atoms with E-state index in [4.69, 9.17) is 4.74 Å². The quantitative estimate of drug-likeness (QED) is 0.663. The summed E-state index contributed by atoms with van der Waals surface area (Å²) in [6.45, 7) is 4.06. The Morgan fingerprint density at radius 2 is 1.87 bits per heavy atom. The van der Waals surface area contributed by atoms with E-state index in [1.165, 1.54) is 27.1 Å². The molecular weight excluding hydrogens is 296 g/mol. The molecule has 1 N–H and O–H groups in total. The third kappa shape index (κ3) is 4.03. The van der Waals surface area contributed by atoms with E-state index >= 15 is 0 Å². The molecule has 6 nitrogen and oxygen atoms in total. The maximum absolute atomic E-state index is 11.8. The van der Waals surface area contributed by atoms with Crippen LogP contribution in [0.15, 0.2) is 30.0 Å². The van der Waals surface area contributed by atoms with Gasteiger partial charge in [-0.15, -0.1) is 0 Å². The first kappa shape index (κ1) is 16.9. The van der Waals surface area contributed by atoms with E-state index in [-0.39, 0.29) is 5.70 Å². The van der Waals surface area contributed by atoms with Gasteiger partial charge in [-0.2, -0.15) is 0 Å². The number of carbonyl (C=O) groups excluding carboxylic acids is 2. The predicted octanol–water partition coefficient (Wildman–Crippen LogP) is 2.24. The molecule has 1 saturated heterocycles. The average molecular weight is 318 g/mol. The van der Waals surface area contributed by atoms with Crippen molar-refractivity contribution in [3.63, 3.8) is 0 Å². The fourth-order valence-electron chi connectivity index (χ4n) is 2.64.